The molecule has 1 aliphatic carbocycles. The van der Waals surface area contributed by atoms with Crippen molar-refractivity contribution in [3.05, 3.63) is 65.7 Å². The minimum Gasteiger partial charge on any atom is -0.489 e. The van der Waals surface area contributed by atoms with Gasteiger partial charge in [-0.25, -0.2) is 0 Å². The Morgan fingerprint density at radius 3 is 1.82 bits per heavy atom. The van der Waals surface area contributed by atoms with E-state index in [-0.39, 0.29) is 13.5 Å². The van der Waals surface area contributed by atoms with Crippen LogP contribution in [0.15, 0.2) is 54.6 Å². The average Bonchev–Trinajstić information content (AvgIpc) is 2.78. The van der Waals surface area contributed by atoms with Crippen LogP contribution in [-0.2, 0) is 6.61 Å². The molecule has 28 heavy (non-hydrogen) atoms. The van der Waals surface area contributed by atoms with Crippen molar-refractivity contribution in [2.75, 3.05) is 0 Å². The molecular weight excluding hydrogens is 344 g/mol. The molecule has 2 aromatic rings. The molecule has 3 rings (SSSR count). The fraction of sp³-hybridized carbons (Fsp3) is 0.538. The number of hydrogen-bond acceptors (Lipinski definition) is 2. The van der Waals surface area contributed by atoms with Crippen LogP contribution in [0.5, 0.6) is 5.75 Å². The first-order valence-corrected chi connectivity index (χ1v) is 10.8. The number of hydrogen-bond donors (Lipinski definition) is 1. The Kier molecular flexibility index (Phi) is 18.8. The molecule has 2 nitrogen and oxygen atoms in total. The molecule has 0 radical (unpaired) electrons. The third-order valence-electron chi connectivity index (χ3n) is 4.29. The van der Waals surface area contributed by atoms with Gasteiger partial charge in [0.1, 0.15) is 12.4 Å². The van der Waals surface area contributed by atoms with Gasteiger partial charge in [-0.1, -0.05) is 97.5 Å². The highest BCUT2D eigenvalue weighted by Gasteiger charge is 2.23. The van der Waals surface area contributed by atoms with Gasteiger partial charge in [-0.3, -0.25) is 0 Å². The lowest BCUT2D eigenvalue weighted by Crippen LogP contribution is -2.17. The van der Waals surface area contributed by atoms with Gasteiger partial charge < -0.3 is 9.84 Å². The topological polar surface area (TPSA) is 29.5 Å². The van der Waals surface area contributed by atoms with Crippen molar-refractivity contribution in [1.82, 2.24) is 0 Å². The van der Waals surface area contributed by atoms with Crippen molar-refractivity contribution < 1.29 is 9.84 Å². The Bertz CT molecular complexity index is 558. The van der Waals surface area contributed by atoms with Gasteiger partial charge in [0.15, 0.2) is 0 Å². The van der Waals surface area contributed by atoms with Crippen LogP contribution in [0.3, 0.4) is 0 Å². The van der Waals surface area contributed by atoms with Gasteiger partial charge in [0, 0.05) is 0 Å². The van der Waals surface area contributed by atoms with E-state index in [2.05, 4.69) is 30.3 Å². The maximum Gasteiger partial charge on any atom is 0.123 e. The summed E-state index contributed by atoms with van der Waals surface area (Å²) in [5.74, 6) is 1.50. The molecule has 0 saturated heterocycles. The molecule has 1 N–H and O–H groups in total. The molecule has 0 heterocycles. The van der Waals surface area contributed by atoms with Gasteiger partial charge in [-0.15, -0.1) is 0 Å². The quantitative estimate of drug-likeness (QED) is 0.575. The molecule has 1 saturated carbocycles. The van der Waals surface area contributed by atoms with Crippen molar-refractivity contribution in [2.24, 2.45) is 0 Å². The Hall–Kier alpha value is -1.80. The van der Waals surface area contributed by atoms with E-state index in [0.717, 1.165) is 31.4 Å². The van der Waals surface area contributed by atoms with Gasteiger partial charge in [0.25, 0.3) is 0 Å². The Labute approximate surface area is 175 Å². The summed E-state index contributed by atoms with van der Waals surface area (Å²) >= 11 is 0. The third-order valence-corrected chi connectivity index (χ3v) is 4.29. The predicted molar refractivity (Wildman–Crippen MR) is 125 cm³/mol. The molecule has 0 aromatic heterocycles. The minimum absolute atomic E-state index is 0. The zero-order chi connectivity index (χ0) is 20.5. The standard InChI is InChI=1S/C19H22O2.3C2H6.CH4/c20-17-12-10-16(11-13-17)18-8-4-5-9-19(18)21-14-15-6-2-1-3-7-15;3*1-2;/h1-9,16-17,20H,10-14H2;3*1-2H3;1H4. The van der Waals surface area contributed by atoms with E-state index in [1.807, 2.05) is 65.8 Å². The van der Waals surface area contributed by atoms with Crippen LogP contribution in [-0.4, -0.2) is 11.2 Å². The largest absolute Gasteiger partial charge is 0.489 e. The highest BCUT2D eigenvalue weighted by Crippen LogP contribution is 2.37. The van der Waals surface area contributed by atoms with E-state index in [1.165, 1.54) is 11.1 Å². The molecule has 2 heteroatoms. The van der Waals surface area contributed by atoms with Crippen LogP contribution >= 0.6 is 0 Å². The highest BCUT2D eigenvalue weighted by atomic mass is 16.5. The molecule has 0 bridgehead atoms. The molecule has 1 fully saturated rings. The maximum atomic E-state index is 9.66. The van der Waals surface area contributed by atoms with Crippen LogP contribution in [0.4, 0.5) is 0 Å². The van der Waals surface area contributed by atoms with Gasteiger partial charge in [-0.2, -0.15) is 0 Å². The summed E-state index contributed by atoms with van der Waals surface area (Å²) < 4.78 is 6.04. The first-order valence-electron chi connectivity index (χ1n) is 10.8. The van der Waals surface area contributed by atoms with E-state index < -0.39 is 0 Å². The number of ether oxygens (including phenoxy) is 1. The monoisotopic (exact) mass is 388 g/mol. The molecule has 0 aliphatic heterocycles. The predicted octanol–water partition coefficient (Wildman–Crippen LogP) is 8.00. The van der Waals surface area contributed by atoms with Gasteiger partial charge >= 0.3 is 0 Å². The van der Waals surface area contributed by atoms with Crippen molar-refractivity contribution in [2.45, 2.75) is 93.3 Å². The Morgan fingerprint density at radius 1 is 0.750 bits per heavy atom. The molecule has 160 valence electrons. The first kappa shape index (κ1) is 28.4. The van der Waals surface area contributed by atoms with Crippen LogP contribution in [0.2, 0.25) is 0 Å². The van der Waals surface area contributed by atoms with Crippen molar-refractivity contribution in [3.63, 3.8) is 0 Å². The molecule has 2 aromatic carbocycles. The van der Waals surface area contributed by atoms with Gasteiger partial charge in [-0.05, 0) is 48.8 Å². The van der Waals surface area contributed by atoms with Crippen molar-refractivity contribution in [1.29, 1.82) is 0 Å². The fourth-order valence-corrected chi connectivity index (χ4v) is 3.07. The summed E-state index contributed by atoms with van der Waals surface area (Å²) in [5, 5.41) is 9.66. The summed E-state index contributed by atoms with van der Waals surface area (Å²) in [5.41, 5.74) is 2.48. The molecule has 0 atom stereocenters. The third kappa shape index (κ3) is 9.94. The zero-order valence-corrected chi connectivity index (χ0v) is 18.2. The lowest BCUT2D eigenvalue weighted by atomic mass is 9.82. The number of aliphatic hydroxyl groups is 1. The van der Waals surface area contributed by atoms with E-state index in [0.29, 0.717) is 12.5 Å². The van der Waals surface area contributed by atoms with Crippen LogP contribution in [0.1, 0.15) is 91.7 Å². The zero-order valence-electron chi connectivity index (χ0n) is 18.2. The van der Waals surface area contributed by atoms with E-state index >= 15 is 0 Å². The molecule has 0 amide bonds. The summed E-state index contributed by atoms with van der Waals surface area (Å²) in [6.45, 7) is 12.6. The maximum absolute atomic E-state index is 9.66. The average molecular weight is 389 g/mol. The molecule has 0 spiro atoms. The number of aliphatic hydroxyl groups excluding tert-OH is 1. The highest BCUT2D eigenvalue weighted by molar-refractivity contribution is 5.36. The van der Waals surface area contributed by atoms with E-state index in [4.69, 9.17) is 4.74 Å². The fourth-order valence-electron chi connectivity index (χ4n) is 3.07. The summed E-state index contributed by atoms with van der Waals surface area (Å²) in [7, 11) is 0. The number of rotatable bonds is 4. The van der Waals surface area contributed by atoms with Gasteiger partial charge in [0.2, 0.25) is 0 Å². The summed E-state index contributed by atoms with van der Waals surface area (Å²) in [6, 6.07) is 18.6. The second-order valence-corrected chi connectivity index (χ2v) is 5.82. The Morgan fingerprint density at radius 2 is 1.25 bits per heavy atom. The lowest BCUT2D eigenvalue weighted by molar-refractivity contribution is 0.122. The van der Waals surface area contributed by atoms with E-state index in [9.17, 15) is 5.11 Å². The second kappa shape index (κ2) is 18.6. The van der Waals surface area contributed by atoms with E-state index in [1.54, 1.807) is 0 Å². The second-order valence-electron chi connectivity index (χ2n) is 5.82. The van der Waals surface area contributed by atoms with Crippen LogP contribution < -0.4 is 4.74 Å². The minimum atomic E-state index is -0.112. The Balaban J connectivity index is 0. The molecular formula is C26H44O2. The number of benzene rings is 2. The van der Waals surface area contributed by atoms with Crippen molar-refractivity contribution in [3.8, 4) is 5.75 Å². The summed E-state index contributed by atoms with van der Waals surface area (Å²) in [6.07, 6.45) is 3.79. The lowest BCUT2D eigenvalue weighted by Gasteiger charge is -2.27. The van der Waals surface area contributed by atoms with Crippen molar-refractivity contribution >= 4 is 0 Å². The van der Waals surface area contributed by atoms with Crippen LogP contribution in [0.25, 0.3) is 0 Å². The summed E-state index contributed by atoms with van der Waals surface area (Å²) in [4.78, 5) is 0. The van der Waals surface area contributed by atoms with Crippen LogP contribution in [0, 0.1) is 0 Å². The molecule has 1 aliphatic rings. The first-order chi connectivity index (χ1) is 13.3. The molecule has 0 unspecified atom stereocenters. The normalized spacial score (nSPS) is 17.1. The smallest absolute Gasteiger partial charge is 0.123 e. The number of para-hydroxylation sites is 1. The SMILES string of the molecule is C.CC.CC.CC.OC1CCC(c2ccccc2OCc2ccccc2)CC1. The van der Waals surface area contributed by atoms with Gasteiger partial charge in [0.05, 0.1) is 6.10 Å².